The van der Waals surface area contributed by atoms with E-state index in [0.717, 1.165) is 0 Å². The maximum atomic E-state index is 13.8. The molecule has 1 saturated carbocycles. The Hall–Kier alpha value is -0.970. The van der Waals surface area contributed by atoms with Crippen LogP contribution in [0.3, 0.4) is 0 Å². The first-order valence-corrected chi connectivity index (χ1v) is 7.39. The topological polar surface area (TPSA) is 91.7 Å². The van der Waals surface area contributed by atoms with Gasteiger partial charge in [0.1, 0.15) is 0 Å². The molecule has 1 atom stereocenters. The second-order valence-electron chi connectivity index (χ2n) is 4.94. The quantitative estimate of drug-likeness (QED) is 0.606. The summed E-state index contributed by atoms with van der Waals surface area (Å²) in [5.74, 6) is -5.15. The number of carboxylic acid groups (broad SMARTS) is 1. The van der Waals surface area contributed by atoms with Crippen LogP contribution in [0.25, 0.3) is 0 Å². The fourth-order valence-electron chi connectivity index (χ4n) is 2.79. The van der Waals surface area contributed by atoms with Gasteiger partial charge in [0.2, 0.25) is 5.41 Å². The van der Waals surface area contributed by atoms with Crippen molar-refractivity contribution in [1.29, 1.82) is 0 Å². The molecule has 1 rings (SSSR count). The van der Waals surface area contributed by atoms with E-state index >= 15 is 0 Å². The van der Waals surface area contributed by atoms with Crippen LogP contribution in [-0.2, 0) is 14.9 Å². The van der Waals surface area contributed by atoms with Crippen LogP contribution >= 0.6 is 0 Å². The lowest BCUT2D eigenvalue weighted by Crippen LogP contribution is -2.64. The predicted molar refractivity (Wildman–Crippen MR) is 59.2 cm³/mol. The summed E-state index contributed by atoms with van der Waals surface area (Å²) in [4.78, 5) is 11.1. The maximum Gasteiger partial charge on any atom is 0.412 e. The van der Waals surface area contributed by atoms with Gasteiger partial charge < -0.3 is 5.11 Å². The lowest BCUT2D eigenvalue weighted by atomic mass is 9.68. The molecule has 0 spiro atoms. The molecule has 21 heavy (non-hydrogen) atoms. The zero-order valence-corrected chi connectivity index (χ0v) is 11.3. The summed E-state index contributed by atoms with van der Waals surface area (Å²) < 4.78 is 97.2. The smallest absolute Gasteiger partial charge is 0.412 e. The standard InChI is InChI=1S/C10H13F5O5S/c11-9(12,13)8(7(16)17,6-4-2-1-3-5-6)10(14,15)21(18,19)20/h6H,1-5H2,(H,16,17)(H,18,19,20). The number of aliphatic carboxylic acids is 1. The predicted octanol–water partition coefficient (Wildman–Crippen LogP) is 2.68. The van der Waals surface area contributed by atoms with Gasteiger partial charge in [-0.15, -0.1) is 0 Å². The highest BCUT2D eigenvalue weighted by Crippen LogP contribution is 2.59. The average molecular weight is 340 g/mol. The number of rotatable bonds is 4. The molecule has 0 saturated heterocycles. The van der Waals surface area contributed by atoms with Crippen molar-refractivity contribution in [3.05, 3.63) is 0 Å². The van der Waals surface area contributed by atoms with Crippen LogP contribution in [0, 0.1) is 11.3 Å². The van der Waals surface area contributed by atoms with E-state index in [4.69, 9.17) is 9.66 Å². The molecule has 1 fully saturated rings. The van der Waals surface area contributed by atoms with E-state index in [1.165, 1.54) is 0 Å². The second-order valence-corrected chi connectivity index (χ2v) is 6.40. The molecule has 0 radical (unpaired) electrons. The molecule has 124 valence electrons. The zero-order valence-electron chi connectivity index (χ0n) is 10.5. The van der Waals surface area contributed by atoms with Crippen LogP contribution in [0.5, 0.6) is 0 Å². The van der Waals surface area contributed by atoms with Gasteiger partial charge in [-0.25, -0.2) is 0 Å². The Kier molecular flexibility index (Phi) is 4.60. The Morgan fingerprint density at radius 1 is 1.00 bits per heavy atom. The van der Waals surface area contributed by atoms with Gasteiger partial charge in [-0.3, -0.25) is 9.35 Å². The first kappa shape index (κ1) is 18.1. The minimum Gasteiger partial charge on any atom is -0.480 e. The summed E-state index contributed by atoms with van der Waals surface area (Å²) in [5, 5.41) is 2.95. The summed E-state index contributed by atoms with van der Waals surface area (Å²) in [6, 6.07) is 0. The van der Waals surface area contributed by atoms with Gasteiger partial charge in [-0.2, -0.15) is 30.4 Å². The first-order chi connectivity index (χ1) is 9.30. The Balaban J connectivity index is 3.65. The molecule has 5 nitrogen and oxygen atoms in total. The number of alkyl halides is 5. The summed E-state index contributed by atoms with van der Waals surface area (Å²) in [6.45, 7) is 0. The van der Waals surface area contributed by atoms with Crippen molar-refractivity contribution in [3.63, 3.8) is 0 Å². The summed E-state index contributed by atoms with van der Waals surface area (Å²) in [6.07, 6.45) is -6.52. The molecule has 0 aromatic rings. The average Bonchev–Trinajstić information content (AvgIpc) is 2.26. The van der Waals surface area contributed by atoms with E-state index in [2.05, 4.69) is 0 Å². The fourth-order valence-corrected chi connectivity index (χ4v) is 3.57. The van der Waals surface area contributed by atoms with Crippen molar-refractivity contribution in [3.8, 4) is 0 Å². The van der Waals surface area contributed by atoms with Gasteiger partial charge in [0, 0.05) is 0 Å². The van der Waals surface area contributed by atoms with Crippen molar-refractivity contribution in [1.82, 2.24) is 0 Å². The van der Waals surface area contributed by atoms with Gasteiger partial charge in [0.25, 0.3) is 0 Å². The molecule has 0 aromatic carbocycles. The third-order valence-corrected chi connectivity index (χ3v) is 4.75. The Morgan fingerprint density at radius 2 is 1.43 bits per heavy atom. The largest absolute Gasteiger partial charge is 0.480 e. The molecule has 0 bridgehead atoms. The van der Waals surface area contributed by atoms with Crippen molar-refractivity contribution >= 4 is 16.1 Å². The van der Waals surface area contributed by atoms with Crippen LogP contribution in [0.1, 0.15) is 32.1 Å². The van der Waals surface area contributed by atoms with E-state index in [9.17, 15) is 35.2 Å². The van der Waals surface area contributed by atoms with Gasteiger partial charge in [0.15, 0.2) is 0 Å². The molecule has 0 aromatic heterocycles. The SMILES string of the molecule is O=C(O)C(C1CCCCC1)(C(F)(F)F)C(F)(F)S(=O)(=O)O. The summed E-state index contributed by atoms with van der Waals surface area (Å²) >= 11 is 0. The van der Waals surface area contributed by atoms with Crippen molar-refractivity contribution in [2.75, 3.05) is 0 Å². The van der Waals surface area contributed by atoms with Crippen molar-refractivity contribution in [2.45, 2.75) is 43.5 Å². The highest BCUT2D eigenvalue weighted by Gasteiger charge is 2.82. The molecular weight excluding hydrogens is 327 g/mol. The molecule has 11 heteroatoms. The van der Waals surface area contributed by atoms with E-state index in [1.54, 1.807) is 0 Å². The molecule has 1 unspecified atom stereocenters. The monoisotopic (exact) mass is 340 g/mol. The third kappa shape index (κ3) is 2.60. The molecule has 2 N–H and O–H groups in total. The molecular formula is C10H13F5O5S. The fraction of sp³-hybridized carbons (Fsp3) is 0.900. The first-order valence-electron chi connectivity index (χ1n) is 5.95. The zero-order chi connectivity index (χ0) is 16.7. The Labute approximate surface area is 116 Å². The normalized spacial score (nSPS) is 21.8. The Morgan fingerprint density at radius 3 is 1.71 bits per heavy atom. The van der Waals surface area contributed by atoms with Crippen LogP contribution in [-0.4, -0.2) is 35.5 Å². The maximum absolute atomic E-state index is 13.8. The summed E-state index contributed by atoms with van der Waals surface area (Å²) in [5.41, 5.74) is -4.87. The van der Waals surface area contributed by atoms with Crippen molar-refractivity contribution < 1.29 is 44.8 Å². The molecule has 0 amide bonds. The third-order valence-electron chi connectivity index (χ3n) is 3.79. The Bertz CT molecular complexity index is 508. The van der Waals surface area contributed by atoms with Crippen LogP contribution in [0.15, 0.2) is 0 Å². The number of hydrogen-bond donors (Lipinski definition) is 2. The second kappa shape index (κ2) is 5.34. The highest BCUT2D eigenvalue weighted by molar-refractivity contribution is 7.87. The highest BCUT2D eigenvalue weighted by atomic mass is 32.2. The van der Waals surface area contributed by atoms with Crippen LogP contribution in [0.4, 0.5) is 22.0 Å². The van der Waals surface area contributed by atoms with Crippen molar-refractivity contribution in [2.24, 2.45) is 11.3 Å². The summed E-state index contributed by atoms with van der Waals surface area (Å²) in [7, 11) is -6.57. The number of halogens is 5. The minimum atomic E-state index is -6.57. The number of carboxylic acids is 1. The van der Waals surface area contributed by atoms with Crippen LogP contribution in [0.2, 0.25) is 0 Å². The molecule has 1 aliphatic rings. The van der Waals surface area contributed by atoms with E-state index in [-0.39, 0.29) is 12.8 Å². The van der Waals surface area contributed by atoms with E-state index < -0.39 is 51.7 Å². The van der Waals surface area contributed by atoms with E-state index in [1.807, 2.05) is 0 Å². The molecule has 1 aliphatic carbocycles. The molecule has 0 aliphatic heterocycles. The van der Waals surface area contributed by atoms with E-state index in [0.29, 0.717) is 6.42 Å². The van der Waals surface area contributed by atoms with Crippen LogP contribution < -0.4 is 0 Å². The van der Waals surface area contributed by atoms with Gasteiger partial charge in [-0.05, 0) is 18.8 Å². The number of hydrogen-bond acceptors (Lipinski definition) is 3. The molecule has 0 heterocycles. The minimum absolute atomic E-state index is 0.0668. The lowest BCUT2D eigenvalue weighted by Gasteiger charge is -2.43. The van der Waals surface area contributed by atoms with Gasteiger partial charge >= 0.3 is 27.5 Å². The number of carbonyl (C=O) groups is 1. The van der Waals surface area contributed by atoms with Gasteiger partial charge in [-0.1, -0.05) is 19.3 Å². The van der Waals surface area contributed by atoms with Gasteiger partial charge in [0.05, 0.1) is 0 Å². The lowest BCUT2D eigenvalue weighted by molar-refractivity contribution is -0.293.